The van der Waals surface area contributed by atoms with Gasteiger partial charge in [0.1, 0.15) is 6.04 Å². The lowest BCUT2D eigenvalue weighted by Gasteiger charge is -2.43. The van der Waals surface area contributed by atoms with Crippen LogP contribution < -0.4 is 5.32 Å². The zero-order chi connectivity index (χ0) is 13.2. The highest BCUT2D eigenvalue weighted by atomic mass is 16.2. The minimum Gasteiger partial charge on any atom is -0.338 e. The molecule has 6 heteroatoms. The molecule has 0 spiro atoms. The van der Waals surface area contributed by atoms with Gasteiger partial charge in [0.05, 0.1) is 0 Å². The highest BCUT2D eigenvalue weighted by molar-refractivity contribution is 5.80. The van der Waals surface area contributed by atoms with Crippen LogP contribution in [0.5, 0.6) is 0 Å². The Balaban J connectivity index is 1.54. The van der Waals surface area contributed by atoms with Gasteiger partial charge in [-0.1, -0.05) is 0 Å². The molecule has 104 valence electrons. The van der Waals surface area contributed by atoms with Crippen molar-refractivity contribution in [3.05, 3.63) is 18.5 Å². The molecule has 1 amide bonds. The van der Waals surface area contributed by atoms with Crippen molar-refractivity contribution < 1.29 is 4.79 Å². The van der Waals surface area contributed by atoms with E-state index in [1.54, 1.807) is 10.9 Å². The van der Waals surface area contributed by atoms with Gasteiger partial charge < -0.3 is 10.2 Å². The molecule has 1 atom stereocenters. The number of hydrogen-bond donors (Lipinski definition) is 1. The molecule has 1 aromatic heterocycles. The maximum atomic E-state index is 12.4. The molecule has 3 heterocycles. The van der Waals surface area contributed by atoms with E-state index in [0.29, 0.717) is 6.04 Å². The SMILES string of the molecule is CC(C(=O)N1CCN(C2CNC2)CC1)n1cccn1. The van der Waals surface area contributed by atoms with Crippen molar-refractivity contribution in [1.29, 1.82) is 0 Å². The third-order valence-corrected chi connectivity index (χ3v) is 4.18. The van der Waals surface area contributed by atoms with E-state index in [0.717, 1.165) is 39.3 Å². The fourth-order valence-electron chi connectivity index (χ4n) is 2.73. The third-order valence-electron chi connectivity index (χ3n) is 4.18. The van der Waals surface area contributed by atoms with Gasteiger partial charge >= 0.3 is 0 Å². The smallest absolute Gasteiger partial charge is 0.247 e. The maximum Gasteiger partial charge on any atom is 0.247 e. The number of nitrogens with one attached hydrogen (secondary N) is 1. The molecule has 2 saturated heterocycles. The molecule has 0 aromatic carbocycles. The Labute approximate surface area is 113 Å². The zero-order valence-corrected chi connectivity index (χ0v) is 11.3. The summed E-state index contributed by atoms with van der Waals surface area (Å²) in [5.41, 5.74) is 0. The molecule has 19 heavy (non-hydrogen) atoms. The number of amides is 1. The summed E-state index contributed by atoms with van der Waals surface area (Å²) in [6.07, 6.45) is 3.56. The molecule has 1 aromatic rings. The van der Waals surface area contributed by atoms with E-state index in [2.05, 4.69) is 15.3 Å². The first-order valence-electron chi connectivity index (χ1n) is 6.98. The summed E-state index contributed by atoms with van der Waals surface area (Å²) in [5, 5.41) is 7.44. The monoisotopic (exact) mass is 263 g/mol. The van der Waals surface area contributed by atoms with Crippen molar-refractivity contribution >= 4 is 5.91 Å². The van der Waals surface area contributed by atoms with Crippen LogP contribution in [-0.4, -0.2) is 70.8 Å². The second-order valence-electron chi connectivity index (χ2n) is 5.34. The Morgan fingerprint density at radius 2 is 2.05 bits per heavy atom. The van der Waals surface area contributed by atoms with Crippen molar-refractivity contribution in [3.8, 4) is 0 Å². The lowest BCUT2D eigenvalue weighted by Crippen LogP contribution is -2.62. The topological polar surface area (TPSA) is 53.4 Å². The molecule has 0 saturated carbocycles. The van der Waals surface area contributed by atoms with Gasteiger partial charge in [0, 0.05) is 57.7 Å². The van der Waals surface area contributed by atoms with E-state index >= 15 is 0 Å². The fourth-order valence-corrected chi connectivity index (χ4v) is 2.73. The van der Waals surface area contributed by atoms with Gasteiger partial charge in [-0.3, -0.25) is 14.4 Å². The Bertz CT molecular complexity index is 420. The van der Waals surface area contributed by atoms with Crippen molar-refractivity contribution in [3.63, 3.8) is 0 Å². The highest BCUT2D eigenvalue weighted by Gasteiger charge is 2.30. The zero-order valence-electron chi connectivity index (χ0n) is 11.3. The standard InChI is InChI=1S/C13H21N5O/c1-11(18-4-2-3-15-18)13(19)17-7-5-16(6-8-17)12-9-14-10-12/h2-4,11-12,14H,5-10H2,1H3. The molecule has 6 nitrogen and oxygen atoms in total. The lowest BCUT2D eigenvalue weighted by molar-refractivity contribution is -0.136. The molecule has 2 aliphatic rings. The molecule has 2 aliphatic heterocycles. The molecule has 3 rings (SSSR count). The largest absolute Gasteiger partial charge is 0.338 e. The van der Waals surface area contributed by atoms with Gasteiger partial charge in [0.2, 0.25) is 5.91 Å². The number of carbonyl (C=O) groups excluding carboxylic acids is 1. The molecule has 1 N–H and O–H groups in total. The lowest BCUT2D eigenvalue weighted by atomic mass is 10.1. The van der Waals surface area contributed by atoms with Gasteiger partial charge in [0.25, 0.3) is 0 Å². The van der Waals surface area contributed by atoms with Gasteiger partial charge in [-0.15, -0.1) is 0 Å². The number of carbonyl (C=O) groups is 1. The normalized spacial score (nSPS) is 23.1. The summed E-state index contributed by atoms with van der Waals surface area (Å²) in [7, 11) is 0. The van der Waals surface area contributed by atoms with Crippen molar-refractivity contribution in [2.75, 3.05) is 39.3 Å². The molecule has 0 aliphatic carbocycles. The first-order chi connectivity index (χ1) is 9.25. The van der Waals surface area contributed by atoms with Crippen LogP contribution in [0.1, 0.15) is 13.0 Å². The van der Waals surface area contributed by atoms with Crippen LogP contribution in [-0.2, 0) is 4.79 Å². The van der Waals surface area contributed by atoms with Gasteiger partial charge in [-0.05, 0) is 13.0 Å². The van der Waals surface area contributed by atoms with E-state index in [4.69, 9.17) is 0 Å². The summed E-state index contributed by atoms with van der Waals surface area (Å²) < 4.78 is 1.73. The number of rotatable bonds is 3. The molecule has 2 fully saturated rings. The summed E-state index contributed by atoms with van der Waals surface area (Å²) in [5.74, 6) is 0.176. The third kappa shape index (κ3) is 2.50. The molecule has 0 bridgehead atoms. The molecular formula is C13H21N5O. The second kappa shape index (κ2) is 5.30. The number of hydrogen-bond acceptors (Lipinski definition) is 4. The molecular weight excluding hydrogens is 242 g/mol. The maximum absolute atomic E-state index is 12.4. The van der Waals surface area contributed by atoms with Crippen LogP contribution in [0.25, 0.3) is 0 Å². The van der Waals surface area contributed by atoms with Crippen LogP contribution in [0, 0.1) is 0 Å². The Morgan fingerprint density at radius 1 is 1.32 bits per heavy atom. The van der Waals surface area contributed by atoms with Crippen molar-refractivity contribution in [1.82, 2.24) is 24.9 Å². The molecule has 0 radical (unpaired) electrons. The summed E-state index contributed by atoms with van der Waals surface area (Å²) >= 11 is 0. The fraction of sp³-hybridized carbons (Fsp3) is 0.692. The van der Waals surface area contributed by atoms with Crippen molar-refractivity contribution in [2.45, 2.75) is 19.0 Å². The quantitative estimate of drug-likeness (QED) is 0.803. The van der Waals surface area contributed by atoms with E-state index < -0.39 is 0 Å². The van der Waals surface area contributed by atoms with Crippen LogP contribution in [0.2, 0.25) is 0 Å². The van der Waals surface area contributed by atoms with Gasteiger partial charge in [-0.2, -0.15) is 5.10 Å². The average Bonchev–Trinajstić information content (AvgIpc) is 2.90. The second-order valence-corrected chi connectivity index (χ2v) is 5.34. The Hall–Kier alpha value is -1.40. The predicted octanol–water partition coefficient (Wildman–Crippen LogP) is -0.440. The minimum absolute atomic E-state index is 0.176. The summed E-state index contributed by atoms with van der Waals surface area (Å²) in [6.45, 7) is 7.75. The number of piperazine rings is 1. The number of nitrogens with zero attached hydrogens (tertiary/aromatic N) is 4. The first kappa shape index (κ1) is 12.6. The van der Waals surface area contributed by atoms with E-state index in [1.165, 1.54) is 0 Å². The van der Waals surface area contributed by atoms with Crippen LogP contribution in [0.3, 0.4) is 0 Å². The van der Waals surface area contributed by atoms with Gasteiger partial charge in [0.15, 0.2) is 0 Å². The first-order valence-corrected chi connectivity index (χ1v) is 6.98. The van der Waals surface area contributed by atoms with Gasteiger partial charge in [-0.25, -0.2) is 0 Å². The van der Waals surface area contributed by atoms with E-state index in [-0.39, 0.29) is 11.9 Å². The van der Waals surface area contributed by atoms with Crippen LogP contribution in [0.4, 0.5) is 0 Å². The van der Waals surface area contributed by atoms with Crippen LogP contribution in [0.15, 0.2) is 18.5 Å². The number of aromatic nitrogens is 2. The summed E-state index contributed by atoms with van der Waals surface area (Å²) in [6, 6.07) is 2.33. The predicted molar refractivity (Wildman–Crippen MR) is 71.7 cm³/mol. The Kier molecular flexibility index (Phi) is 3.52. The van der Waals surface area contributed by atoms with Crippen LogP contribution >= 0.6 is 0 Å². The van der Waals surface area contributed by atoms with E-state index in [9.17, 15) is 4.79 Å². The highest BCUT2D eigenvalue weighted by Crippen LogP contribution is 2.14. The summed E-state index contributed by atoms with van der Waals surface area (Å²) in [4.78, 5) is 16.8. The molecule has 1 unspecified atom stereocenters. The van der Waals surface area contributed by atoms with E-state index in [1.807, 2.05) is 24.1 Å². The average molecular weight is 263 g/mol. The Morgan fingerprint density at radius 3 is 2.58 bits per heavy atom. The van der Waals surface area contributed by atoms with Crippen molar-refractivity contribution in [2.24, 2.45) is 0 Å². The minimum atomic E-state index is -0.202.